The van der Waals surface area contributed by atoms with Gasteiger partial charge in [0.25, 0.3) is 0 Å². The highest BCUT2D eigenvalue weighted by molar-refractivity contribution is 9.10. The van der Waals surface area contributed by atoms with Gasteiger partial charge in [-0.25, -0.2) is 8.78 Å². The summed E-state index contributed by atoms with van der Waals surface area (Å²) in [4.78, 5) is 12.7. The van der Waals surface area contributed by atoms with Gasteiger partial charge in [-0.3, -0.25) is 4.79 Å². The molecule has 18 heavy (non-hydrogen) atoms. The number of hydrogen-bond donors (Lipinski definition) is 0. The molecule has 1 heterocycles. The molecule has 0 fully saturated rings. The number of Topliss-reactive ketones (excluding diaryl/α,β-unsaturated/α-hetero) is 1. The summed E-state index contributed by atoms with van der Waals surface area (Å²) in [5.41, 5.74) is -0.488. The van der Waals surface area contributed by atoms with Crippen molar-refractivity contribution in [3.63, 3.8) is 0 Å². The lowest BCUT2D eigenvalue weighted by molar-refractivity contribution is 0.0985. The Bertz CT molecular complexity index is 587. The molecule has 1 aromatic carbocycles. The Balaban J connectivity index is 2.33. The summed E-state index contributed by atoms with van der Waals surface area (Å²) in [6.45, 7) is 0. The van der Waals surface area contributed by atoms with E-state index in [4.69, 9.17) is 0 Å². The first-order valence-electron chi connectivity index (χ1n) is 4.88. The van der Waals surface area contributed by atoms with Crippen LogP contribution in [-0.4, -0.2) is 5.78 Å². The van der Waals surface area contributed by atoms with Crippen LogP contribution in [0.1, 0.15) is 15.2 Å². The van der Waals surface area contributed by atoms with Gasteiger partial charge in [0.05, 0.1) is 5.56 Å². The molecule has 0 amide bonds. The smallest absolute Gasteiger partial charge is 0.174 e. The lowest BCUT2D eigenvalue weighted by Gasteiger charge is -2.04. The number of benzene rings is 1. The molecule has 1 nitrogen and oxygen atoms in total. The third kappa shape index (κ3) is 2.87. The predicted molar refractivity (Wildman–Crippen MR) is 74.1 cm³/mol. The van der Waals surface area contributed by atoms with Crippen LogP contribution in [0.4, 0.5) is 8.78 Å². The van der Waals surface area contributed by atoms with Crippen molar-refractivity contribution in [2.24, 2.45) is 0 Å². The topological polar surface area (TPSA) is 17.1 Å². The molecular formula is C12H6Br2F2OS. The van der Waals surface area contributed by atoms with Crippen molar-refractivity contribution < 1.29 is 13.6 Å². The van der Waals surface area contributed by atoms with Crippen molar-refractivity contribution in [3.05, 3.63) is 54.6 Å². The lowest BCUT2D eigenvalue weighted by atomic mass is 10.1. The first kappa shape index (κ1) is 13.8. The fraction of sp³-hybridized carbons (Fsp3) is 0.0833. The number of ketones is 1. The van der Waals surface area contributed by atoms with Crippen molar-refractivity contribution >= 4 is 49.0 Å². The zero-order valence-electron chi connectivity index (χ0n) is 8.84. The van der Waals surface area contributed by atoms with Crippen LogP contribution in [0.2, 0.25) is 0 Å². The van der Waals surface area contributed by atoms with Crippen LogP contribution in [0, 0.1) is 11.6 Å². The fourth-order valence-electron chi connectivity index (χ4n) is 1.49. The van der Waals surface area contributed by atoms with Crippen LogP contribution in [0.5, 0.6) is 0 Å². The first-order valence-corrected chi connectivity index (χ1v) is 7.35. The second-order valence-electron chi connectivity index (χ2n) is 3.54. The molecule has 0 radical (unpaired) electrons. The highest BCUT2D eigenvalue weighted by Crippen LogP contribution is 2.26. The third-order valence-corrected chi connectivity index (χ3v) is 4.68. The largest absolute Gasteiger partial charge is 0.294 e. The van der Waals surface area contributed by atoms with Crippen LogP contribution >= 0.6 is 43.2 Å². The van der Waals surface area contributed by atoms with E-state index in [1.807, 2.05) is 0 Å². The van der Waals surface area contributed by atoms with Crippen LogP contribution in [0.3, 0.4) is 0 Å². The van der Waals surface area contributed by atoms with E-state index in [0.717, 1.165) is 21.5 Å². The molecule has 0 aliphatic heterocycles. The van der Waals surface area contributed by atoms with E-state index in [2.05, 4.69) is 31.9 Å². The van der Waals surface area contributed by atoms with Gasteiger partial charge in [-0.1, -0.05) is 15.9 Å². The monoisotopic (exact) mass is 394 g/mol. The summed E-state index contributed by atoms with van der Waals surface area (Å²) in [7, 11) is 0. The van der Waals surface area contributed by atoms with Crippen molar-refractivity contribution in [1.82, 2.24) is 0 Å². The highest BCUT2D eigenvalue weighted by atomic mass is 79.9. The molecule has 0 bridgehead atoms. The highest BCUT2D eigenvalue weighted by Gasteiger charge is 2.19. The van der Waals surface area contributed by atoms with E-state index >= 15 is 0 Å². The summed E-state index contributed by atoms with van der Waals surface area (Å²) < 4.78 is 28.2. The van der Waals surface area contributed by atoms with Gasteiger partial charge < -0.3 is 0 Å². The van der Waals surface area contributed by atoms with Gasteiger partial charge in [0.2, 0.25) is 0 Å². The second kappa shape index (κ2) is 5.59. The molecule has 0 saturated heterocycles. The number of carbonyl (C=O) groups excluding carboxylic acids is 1. The average molecular weight is 396 g/mol. The van der Waals surface area contributed by atoms with E-state index < -0.39 is 23.0 Å². The Labute approximate surface area is 123 Å². The zero-order chi connectivity index (χ0) is 13.3. The average Bonchev–Trinajstić information content (AvgIpc) is 2.62. The first-order chi connectivity index (χ1) is 8.49. The van der Waals surface area contributed by atoms with Gasteiger partial charge in [-0.15, -0.1) is 11.3 Å². The maximum absolute atomic E-state index is 13.6. The van der Waals surface area contributed by atoms with Crippen molar-refractivity contribution in [3.8, 4) is 0 Å². The van der Waals surface area contributed by atoms with E-state index in [1.165, 1.54) is 11.3 Å². The molecule has 0 unspecified atom stereocenters. The molecule has 6 heteroatoms. The quantitative estimate of drug-likeness (QED) is 0.670. The minimum absolute atomic E-state index is 0.0201. The van der Waals surface area contributed by atoms with Gasteiger partial charge in [-0.2, -0.15) is 0 Å². The second-order valence-corrected chi connectivity index (χ2v) is 6.31. The van der Waals surface area contributed by atoms with Crippen molar-refractivity contribution in [2.45, 2.75) is 6.42 Å². The van der Waals surface area contributed by atoms with Crippen LogP contribution in [0.25, 0.3) is 0 Å². The van der Waals surface area contributed by atoms with Crippen molar-refractivity contribution in [2.75, 3.05) is 0 Å². The molecule has 0 atom stereocenters. The standard InChI is InChI=1S/C12H6Br2F2OS/c13-6-3-8(15)12(9(16)4-6)10(17)5-11-7(14)1-2-18-11/h1-4H,5H2. The molecule has 0 N–H and O–H groups in total. The number of hydrogen-bond acceptors (Lipinski definition) is 2. The van der Waals surface area contributed by atoms with Crippen LogP contribution in [-0.2, 0) is 6.42 Å². The summed E-state index contributed by atoms with van der Waals surface area (Å²) >= 11 is 7.62. The minimum atomic E-state index is -0.848. The summed E-state index contributed by atoms with van der Waals surface area (Å²) in [5, 5.41) is 1.81. The maximum Gasteiger partial charge on any atom is 0.174 e. The van der Waals surface area contributed by atoms with E-state index in [1.54, 1.807) is 11.4 Å². The van der Waals surface area contributed by atoms with E-state index in [-0.39, 0.29) is 10.9 Å². The molecule has 0 aliphatic carbocycles. The van der Waals surface area contributed by atoms with E-state index in [9.17, 15) is 13.6 Å². The molecule has 1 aromatic heterocycles. The Hall–Kier alpha value is -0.590. The third-order valence-electron chi connectivity index (χ3n) is 2.30. The van der Waals surface area contributed by atoms with Gasteiger partial charge in [-0.05, 0) is 39.5 Å². The normalized spacial score (nSPS) is 10.7. The molecule has 0 spiro atoms. The summed E-state index contributed by atoms with van der Waals surface area (Å²) in [6, 6.07) is 3.96. The molecule has 2 rings (SSSR count). The van der Waals surface area contributed by atoms with Crippen molar-refractivity contribution in [1.29, 1.82) is 0 Å². The van der Waals surface area contributed by atoms with Gasteiger partial charge >= 0.3 is 0 Å². The number of carbonyl (C=O) groups is 1. The predicted octanol–water partition coefficient (Wildman–Crippen LogP) is 4.98. The molecular weight excluding hydrogens is 390 g/mol. The van der Waals surface area contributed by atoms with E-state index in [0.29, 0.717) is 0 Å². The molecule has 0 aliphatic rings. The number of rotatable bonds is 3. The summed E-state index contributed by atoms with van der Waals surface area (Å²) in [5.74, 6) is -2.26. The SMILES string of the molecule is O=C(Cc1sccc1Br)c1c(F)cc(Br)cc1F. The van der Waals surface area contributed by atoms with Crippen LogP contribution < -0.4 is 0 Å². The Morgan fingerprint density at radius 1 is 1.22 bits per heavy atom. The molecule has 2 aromatic rings. The summed E-state index contributed by atoms with van der Waals surface area (Å²) in [6.07, 6.45) is -0.0201. The Morgan fingerprint density at radius 3 is 2.33 bits per heavy atom. The van der Waals surface area contributed by atoms with Crippen LogP contribution in [0.15, 0.2) is 32.5 Å². The maximum atomic E-state index is 13.6. The lowest BCUT2D eigenvalue weighted by Crippen LogP contribution is -2.08. The van der Waals surface area contributed by atoms with Gasteiger partial charge in [0.15, 0.2) is 5.78 Å². The Morgan fingerprint density at radius 2 is 1.83 bits per heavy atom. The zero-order valence-corrected chi connectivity index (χ0v) is 12.8. The molecule has 0 saturated carbocycles. The number of halogens is 4. The molecule has 94 valence electrons. The minimum Gasteiger partial charge on any atom is -0.294 e. The number of thiophene rings is 1. The van der Waals surface area contributed by atoms with Gasteiger partial charge in [0.1, 0.15) is 11.6 Å². The fourth-order valence-corrected chi connectivity index (χ4v) is 3.39. The van der Waals surface area contributed by atoms with Gasteiger partial charge in [0, 0.05) is 20.2 Å². The Kier molecular flexibility index (Phi) is 4.29.